The molecule has 0 radical (unpaired) electrons. The van der Waals surface area contributed by atoms with E-state index >= 15 is 0 Å². The molecule has 3 aromatic rings. The monoisotopic (exact) mass is 335 g/mol. The molecule has 1 aromatic heterocycles. The zero-order chi connectivity index (χ0) is 17.6. The third-order valence-electron chi connectivity index (χ3n) is 5.21. The lowest BCUT2D eigenvalue weighted by Gasteiger charge is -2.26. The Labute approximate surface area is 145 Å². The van der Waals surface area contributed by atoms with Gasteiger partial charge in [-0.15, -0.1) is 0 Å². The molecule has 1 aliphatic rings. The average Bonchev–Trinajstić information content (AvgIpc) is 3.20. The maximum atomic E-state index is 13.1. The van der Waals surface area contributed by atoms with Gasteiger partial charge in [-0.05, 0) is 49.1 Å². The second-order valence-corrected chi connectivity index (χ2v) is 6.73. The highest BCUT2D eigenvalue weighted by Crippen LogP contribution is 2.34. The van der Waals surface area contributed by atoms with Crippen molar-refractivity contribution in [3.63, 3.8) is 0 Å². The van der Waals surface area contributed by atoms with Gasteiger partial charge in [0.2, 0.25) is 0 Å². The number of fused-ring (bicyclic) bond motifs is 1. The minimum absolute atomic E-state index is 0.0253. The van der Waals surface area contributed by atoms with Gasteiger partial charge >= 0.3 is 5.69 Å². The average molecular weight is 335 g/mol. The third kappa shape index (κ3) is 2.56. The number of aromatic amines is 1. The van der Waals surface area contributed by atoms with E-state index in [1.54, 1.807) is 17.7 Å². The Morgan fingerprint density at radius 3 is 2.80 bits per heavy atom. The maximum absolute atomic E-state index is 13.1. The number of nitrogens with zero attached hydrogens (tertiary/aromatic N) is 2. The molecule has 0 aliphatic carbocycles. The molecule has 0 saturated carbocycles. The van der Waals surface area contributed by atoms with E-state index < -0.39 is 0 Å². The Hall–Kier alpha value is -2.82. The molecule has 4 rings (SSSR count). The first-order chi connectivity index (χ1) is 12.1. The van der Waals surface area contributed by atoms with Gasteiger partial charge in [0.1, 0.15) is 0 Å². The SMILES string of the molecule is Cc1ccccc1C1CCCN1C(=O)c1ccc2c(c1)[nH]c(=O)n2C. The second-order valence-electron chi connectivity index (χ2n) is 6.73. The van der Waals surface area contributed by atoms with E-state index in [1.807, 2.05) is 29.2 Å². The smallest absolute Gasteiger partial charge is 0.326 e. The molecule has 25 heavy (non-hydrogen) atoms. The van der Waals surface area contributed by atoms with Crippen molar-refractivity contribution in [3.05, 3.63) is 69.6 Å². The van der Waals surface area contributed by atoms with E-state index in [1.165, 1.54) is 11.1 Å². The van der Waals surface area contributed by atoms with Crippen molar-refractivity contribution in [2.45, 2.75) is 25.8 Å². The van der Waals surface area contributed by atoms with Crippen molar-refractivity contribution in [1.82, 2.24) is 14.5 Å². The standard InChI is InChI=1S/C20H21N3O2/c1-13-6-3-4-7-15(13)17-8-5-11-23(17)19(24)14-9-10-18-16(12-14)21-20(25)22(18)2/h3-4,6-7,9-10,12,17H,5,8,11H2,1-2H3,(H,21,25). The molecular weight excluding hydrogens is 314 g/mol. The minimum atomic E-state index is -0.168. The van der Waals surface area contributed by atoms with Crippen LogP contribution in [0.5, 0.6) is 0 Å². The first-order valence-corrected chi connectivity index (χ1v) is 8.61. The Bertz CT molecular complexity index is 1020. The van der Waals surface area contributed by atoms with Gasteiger partial charge in [-0.3, -0.25) is 9.36 Å². The van der Waals surface area contributed by atoms with Crippen LogP contribution in [0.1, 0.15) is 40.4 Å². The van der Waals surface area contributed by atoms with Crippen LogP contribution in [0.2, 0.25) is 0 Å². The lowest BCUT2D eigenvalue weighted by Crippen LogP contribution is -2.30. The predicted molar refractivity (Wildman–Crippen MR) is 97.7 cm³/mol. The highest BCUT2D eigenvalue weighted by molar-refractivity contribution is 5.97. The molecule has 5 nitrogen and oxygen atoms in total. The molecule has 2 heterocycles. The molecular formula is C20H21N3O2. The lowest BCUT2D eigenvalue weighted by atomic mass is 9.99. The van der Waals surface area contributed by atoms with Crippen LogP contribution in [0.15, 0.2) is 47.3 Å². The Kier molecular flexibility index (Phi) is 3.71. The quantitative estimate of drug-likeness (QED) is 0.782. The second kappa shape index (κ2) is 5.92. The Morgan fingerprint density at radius 1 is 1.20 bits per heavy atom. The van der Waals surface area contributed by atoms with Gasteiger partial charge in [0, 0.05) is 19.2 Å². The Morgan fingerprint density at radius 2 is 2.00 bits per heavy atom. The first kappa shape index (κ1) is 15.7. The minimum Gasteiger partial charge on any atom is -0.332 e. The fourth-order valence-electron chi connectivity index (χ4n) is 3.83. The molecule has 0 bridgehead atoms. The van der Waals surface area contributed by atoms with Crippen molar-refractivity contribution in [1.29, 1.82) is 0 Å². The van der Waals surface area contributed by atoms with Crippen LogP contribution < -0.4 is 5.69 Å². The number of carbonyl (C=O) groups excluding carboxylic acids is 1. The molecule has 1 saturated heterocycles. The number of benzene rings is 2. The van der Waals surface area contributed by atoms with Gasteiger partial charge in [-0.1, -0.05) is 24.3 Å². The molecule has 1 amide bonds. The summed E-state index contributed by atoms with van der Waals surface area (Å²) in [5.41, 5.74) is 4.40. The number of carbonyl (C=O) groups is 1. The fourth-order valence-corrected chi connectivity index (χ4v) is 3.83. The van der Waals surface area contributed by atoms with E-state index in [2.05, 4.69) is 24.0 Å². The van der Waals surface area contributed by atoms with Crippen molar-refractivity contribution in [3.8, 4) is 0 Å². The van der Waals surface area contributed by atoms with E-state index in [-0.39, 0.29) is 17.6 Å². The fraction of sp³-hybridized carbons (Fsp3) is 0.300. The summed E-state index contributed by atoms with van der Waals surface area (Å²) >= 11 is 0. The predicted octanol–water partition coefficient (Wildman–Crippen LogP) is 3.15. The summed E-state index contributed by atoms with van der Waals surface area (Å²) in [7, 11) is 1.72. The number of hydrogen-bond donors (Lipinski definition) is 1. The van der Waals surface area contributed by atoms with Crippen LogP contribution in [0.3, 0.4) is 0 Å². The van der Waals surface area contributed by atoms with Crippen LogP contribution >= 0.6 is 0 Å². The highest BCUT2D eigenvalue weighted by atomic mass is 16.2. The molecule has 1 aliphatic heterocycles. The number of imidazole rings is 1. The van der Waals surface area contributed by atoms with Gasteiger partial charge in [-0.2, -0.15) is 0 Å². The molecule has 1 unspecified atom stereocenters. The summed E-state index contributed by atoms with van der Waals surface area (Å²) in [6.45, 7) is 2.86. The van der Waals surface area contributed by atoms with Crippen molar-refractivity contribution < 1.29 is 4.79 Å². The summed E-state index contributed by atoms with van der Waals surface area (Å²) < 4.78 is 1.55. The van der Waals surface area contributed by atoms with Crippen LogP contribution in [-0.4, -0.2) is 26.9 Å². The molecule has 1 N–H and O–H groups in total. The van der Waals surface area contributed by atoms with Gasteiger partial charge in [0.15, 0.2) is 0 Å². The lowest BCUT2D eigenvalue weighted by molar-refractivity contribution is 0.0735. The number of aromatic nitrogens is 2. The number of amides is 1. The molecule has 1 fully saturated rings. The molecule has 0 spiro atoms. The van der Waals surface area contributed by atoms with Crippen LogP contribution in [-0.2, 0) is 7.05 Å². The van der Waals surface area contributed by atoms with Crippen LogP contribution in [0, 0.1) is 6.92 Å². The number of rotatable bonds is 2. The molecule has 1 atom stereocenters. The van der Waals surface area contributed by atoms with Crippen molar-refractivity contribution in [2.75, 3.05) is 6.54 Å². The third-order valence-corrected chi connectivity index (χ3v) is 5.21. The summed E-state index contributed by atoms with van der Waals surface area (Å²) in [5.74, 6) is 0.0253. The number of aryl methyl sites for hydroxylation is 2. The normalized spacial score (nSPS) is 17.4. The van der Waals surface area contributed by atoms with E-state index in [4.69, 9.17) is 0 Å². The van der Waals surface area contributed by atoms with E-state index in [9.17, 15) is 9.59 Å². The molecule has 2 aromatic carbocycles. The van der Waals surface area contributed by atoms with E-state index in [0.717, 1.165) is 24.9 Å². The zero-order valence-corrected chi connectivity index (χ0v) is 14.5. The summed E-state index contributed by atoms with van der Waals surface area (Å²) in [6, 6.07) is 13.8. The summed E-state index contributed by atoms with van der Waals surface area (Å²) in [6.07, 6.45) is 2.00. The topological polar surface area (TPSA) is 58.1 Å². The zero-order valence-electron chi connectivity index (χ0n) is 14.5. The highest BCUT2D eigenvalue weighted by Gasteiger charge is 2.31. The number of nitrogens with one attached hydrogen (secondary N) is 1. The Balaban J connectivity index is 1.70. The summed E-state index contributed by atoms with van der Waals surface area (Å²) in [4.78, 5) is 29.6. The number of H-pyrrole nitrogens is 1. The summed E-state index contributed by atoms with van der Waals surface area (Å²) in [5, 5.41) is 0. The van der Waals surface area contributed by atoms with Gasteiger partial charge in [0.05, 0.1) is 17.1 Å². The molecule has 128 valence electrons. The van der Waals surface area contributed by atoms with Crippen molar-refractivity contribution >= 4 is 16.9 Å². The van der Waals surface area contributed by atoms with E-state index in [0.29, 0.717) is 11.1 Å². The van der Waals surface area contributed by atoms with Crippen LogP contribution in [0.25, 0.3) is 11.0 Å². The maximum Gasteiger partial charge on any atom is 0.326 e. The van der Waals surface area contributed by atoms with Gasteiger partial charge < -0.3 is 9.88 Å². The number of hydrogen-bond acceptors (Lipinski definition) is 2. The largest absolute Gasteiger partial charge is 0.332 e. The molecule has 5 heteroatoms. The van der Waals surface area contributed by atoms with Crippen LogP contribution in [0.4, 0.5) is 0 Å². The van der Waals surface area contributed by atoms with Gasteiger partial charge in [0.25, 0.3) is 5.91 Å². The van der Waals surface area contributed by atoms with Gasteiger partial charge in [-0.25, -0.2) is 4.79 Å². The number of likely N-dealkylation sites (tertiary alicyclic amines) is 1. The first-order valence-electron chi connectivity index (χ1n) is 8.61. The van der Waals surface area contributed by atoms with Crippen molar-refractivity contribution in [2.24, 2.45) is 7.05 Å².